The lowest BCUT2D eigenvalue weighted by Crippen LogP contribution is -2.46. The van der Waals surface area contributed by atoms with Gasteiger partial charge in [0.15, 0.2) is 0 Å². The van der Waals surface area contributed by atoms with Crippen molar-refractivity contribution in [2.24, 2.45) is 17.8 Å². The van der Waals surface area contributed by atoms with Gasteiger partial charge in [0.25, 0.3) is 0 Å². The second-order valence-electron chi connectivity index (χ2n) is 6.55. The standard InChI is InChI=1S/C15H29NO4S/c1-11(2)13-8-7-12(3)10-14(13)16-21(18,19)9-5-6-15(17)20-4/h11-14,16H,5-10H2,1-4H3. The maximum Gasteiger partial charge on any atom is 0.305 e. The lowest BCUT2D eigenvalue weighted by molar-refractivity contribution is -0.140. The van der Waals surface area contributed by atoms with Gasteiger partial charge in [-0.25, -0.2) is 13.1 Å². The summed E-state index contributed by atoms with van der Waals surface area (Å²) in [6.07, 6.45) is 3.60. The van der Waals surface area contributed by atoms with Crippen molar-refractivity contribution in [3.8, 4) is 0 Å². The minimum absolute atomic E-state index is 0.0161. The molecule has 0 heterocycles. The number of nitrogens with one attached hydrogen (secondary N) is 1. The van der Waals surface area contributed by atoms with Crippen LogP contribution in [0.15, 0.2) is 0 Å². The van der Waals surface area contributed by atoms with Gasteiger partial charge in [0.1, 0.15) is 0 Å². The highest BCUT2D eigenvalue weighted by Crippen LogP contribution is 2.33. The van der Waals surface area contributed by atoms with Crippen molar-refractivity contribution < 1.29 is 17.9 Å². The van der Waals surface area contributed by atoms with E-state index in [1.807, 2.05) is 0 Å². The van der Waals surface area contributed by atoms with Gasteiger partial charge in [-0.1, -0.05) is 27.2 Å². The van der Waals surface area contributed by atoms with Gasteiger partial charge < -0.3 is 4.74 Å². The Morgan fingerprint density at radius 3 is 2.57 bits per heavy atom. The predicted molar refractivity (Wildman–Crippen MR) is 83.3 cm³/mol. The second kappa shape index (κ2) is 8.13. The van der Waals surface area contributed by atoms with E-state index in [-0.39, 0.29) is 24.2 Å². The van der Waals surface area contributed by atoms with Crippen LogP contribution in [0.2, 0.25) is 0 Å². The van der Waals surface area contributed by atoms with Crippen LogP contribution in [0, 0.1) is 17.8 Å². The number of esters is 1. The molecule has 1 N–H and O–H groups in total. The SMILES string of the molecule is COC(=O)CCCS(=O)(=O)NC1CC(C)CCC1C(C)C. The number of carbonyl (C=O) groups is 1. The molecule has 0 aromatic rings. The van der Waals surface area contributed by atoms with Gasteiger partial charge in [-0.2, -0.15) is 0 Å². The van der Waals surface area contributed by atoms with Gasteiger partial charge in [-0.15, -0.1) is 0 Å². The fraction of sp³-hybridized carbons (Fsp3) is 0.933. The molecule has 0 aromatic heterocycles. The largest absolute Gasteiger partial charge is 0.469 e. The molecule has 0 amide bonds. The van der Waals surface area contributed by atoms with Crippen LogP contribution in [-0.2, 0) is 19.6 Å². The first-order chi connectivity index (χ1) is 9.75. The molecule has 3 unspecified atom stereocenters. The number of hydrogen-bond acceptors (Lipinski definition) is 4. The van der Waals surface area contributed by atoms with E-state index in [4.69, 9.17) is 0 Å². The first kappa shape index (κ1) is 18.4. The number of carbonyl (C=O) groups excluding carboxylic acids is 1. The highest BCUT2D eigenvalue weighted by molar-refractivity contribution is 7.89. The maximum atomic E-state index is 12.2. The zero-order valence-electron chi connectivity index (χ0n) is 13.6. The quantitative estimate of drug-likeness (QED) is 0.731. The topological polar surface area (TPSA) is 72.5 Å². The molecule has 124 valence electrons. The number of hydrogen-bond donors (Lipinski definition) is 1. The second-order valence-corrected chi connectivity index (χ2v) is 8.42. The van der Waals surface area contributed by atoms with Crippen molar-refractivity contribution in [1.29, 1.82) is 0 Å². The zero-order valence-corrected chi connectivity index (χ0v) is 14.4. The van der Waals surface area contributed by atoms with Gasteiger partial charge in [0.2, 0.25) is 10.0 Å². The first-order valence-corrected chi connectivity index (χ1v) is 9.47. The van der Waals surface area contributed by atoms with Crippen LogP contribution in [0.1, 0.15) is 52.9 Å². The van der Waals surface area contributed by atoms with E-state index in [2.05, 4.69) is 30.2 Å². The van der Waals surface area contributed by atoms with Crippen LogP contribution in [0.5, 0.6) is 0 Å². The number of ether oxygens (including phenoxy) is 1. The van der Waals surface area contributed by atoms with Crippen molar-refractivity contribution in [3.63, 3.8) is 0 Å². The first-order valence-electron chi connectivity index (χ1n) is 7.82. The Morgan fingerprint density at radius 2 is 2.00 bits per heavy atom. The number of sulfonamides is 1. The molecule has 1 rings (SSSR count). The minimum Gasteiger partial charge on any atom is -0.469 e. The molecule has 1 aliphatic rings. The summed E-state index contributed by atoms with van der Waals surface area (Å²) in [5, 5.41) is 0. The lowest BCUT2D eigenvalue weighted by Gasteiger charge is -2.37. The van der Waals surface area contributed by atoms with Crippen LogP contribution < -0.4 is 4.72 Å². The monoisotopic (exact) mass is 319 g/mol. The molecule has 3 atom stereocenters. The van der Waals surface area contributed by atoms with Crippen molar-refractivity contribution in [2.75, 3.05) is 12.9 Å². The molecule has 5 nitrogen and oxygen atoms in total. The van der Waals surface area contributed by atoms with Crippen molar-refractivity contribution in [1.82, 2.24) is 4.72 Å². The third kappa shape index (κ3) is 6.34. The van der Waals surface area contributed by atoms with E-state index in [9.17, 15) is 13.2 Å². The summed E-state index contributed by atoms with van der Waals surface area (Å²) in [7, 11) is -2.02. The average molecular weight is 319 g/mol. The molecular formula is C15H29NO4S. The molecule has 1 saturated carbocycles. The third-order valence-corrected chi connectivity index (χ3v) is 5.86. The molecular weight excluding hydrogens is 290 g/mol. The Kier molecular flexibility index (Phi) is 7.13. The summed E-state index contributed by atoms with van der Waals surface area (Å²) in [6, 6.07) is 0.0249. The predicted octanol–water partition coefficient (Wildman–Crippen LogP) is 2.32. The summed E-state index contributed by atoms with van der Waals surface area (Å²) in [6.45, 7) is 6.48. The Hall–Kier alpha value is -0.620. The summed E-state index contributed by atoms with van der Waals surface area (Å²) < 4.78 is 31.8. The van der Waals surface area contributed by atoms with Gasteiger partial charge in [-0.05, 0) is 37.0 Å². The highest BCUT2D eigenvalue weighted by atomic mass is 32.2. The van der Waals surface area contributed by atoms with Crippen molar-refractivity contribution in [2.45, 2.75) is 58.9 Å². The van der Waals surface area contributed by atoms with Gasteiger partial charge in [0.05, 0.1) is 12.9 Å². The molecule has 21 heavy (non-hydrogen) atoms. The molecule has 0 saturated heterocycles. The Balaban J connectivity index is 2.56. The fourth-order valence-corrected chi connectivity index (χ4v) is 4.51. The van der Waals surface area contributed by atoms with Crippen LogP contribution in [-0.4, -0.2) is 33.3 Å². The van der Waals surface area contributed by atoms with Crippen LogP contribution in [0.25, 0.3) is 0 Å². The molecule has 6 heteroatoms. The zero-order chi connectivity index (χ0) is 16.0. The van der Waals surface area contributed by atoms with Gasteiger partial charge >= 0.3 is 5.97 Å². The maximum absolute atomic E-state index is 12.2. The third-order valence-electron chi connectivity index (χ3n) is 4.37. The van der Waals surface area contributed by atoms with E-state index in [1.54, 1.807) is 0 Å². The van der Waals surface area contributed by atoms with Crippen molar-refractivity contribution >= 4 is 16.0 Å². The van der Waals surface area contributed by atoms with Crippen molar-refractivity contribution in [3.05, 3.63) is 0 Å². The average Bonchev–Trinajstić information content (AvgIpc) is 2.37. The molecule has 0 aliphatic heterocycles. The fourth-order valence-electron chi connectivity index (χ4n) is 3.14. The van der Waals surface area contributed by atoms with Crippen LogP contribution >= 0.6 is 0 Å². The summed E-state index contributed by atoms with van der Waals surface area (Å²) in [4.78, 5) is 11.0. The Labute approximate surface area is 128 Å². The van der Waals surface area contributed by atoms with E-state index in [1.165, 1.54) is 13.5 Å². The number of methoxy groups -OCH3 is 1. The van der Waals surface area contributed by atoms with E-state index in [0.29, 0.717) is 24.2 Å². The Morgan fingerprint density at radius 1 is 1.33 bits per heavy atom. The van der Waals surface area contributed by atoms with E-state index in [0.717, 1.165) is 12.8 Å². The normalized spacial score (nSPS) is 26.8. The summed E-state index contributed by atoms with van der Waals surface area (Å²) in [5.74, 6) is 1.05. The molecule has 0 bridgehead atoms. The lowest BCUT2D eigenvalue weighted by atomic mass is 9.74. The summed E-state index contributed by atoms with van der Waals surface area (Å²) in [5.41, 5.74) is 0. The molecule has 1 aliphatic carbocycles. The van der Waals surface area contributed by atoms with E-state index < -0.39 is 10.0 Å². The summed E-state index contributed by atoms with van der Waals surface area (Å²) >= 11 is 0. The number of rotatable bonds is 7. The smallest absolute Gasteiger partial charge is 0.305 e. The molecule has 0 spiro atoms. The van der Waals surface area contributed by atoms with Crippen LogP contribution in [0.3, 0.4) is 0 Å². The molecule has 0 radical (unpaired) electrons. The minimum atomic E-state index is -3.33. The van der Waals surface area contributed by atoms with Crippen LogP contribution in [0.4, 0.5) is 0 Å². The van der Waals surface area contributed by atoms with E-state index >= 15 is 0 Å². The molecule has 1 fully saturated rings. The van der Waals surface area contributed by atoms with Gasteiger partial charge in [-0.3, -0.25) is 4.79 Å². The highest BCUT2D eigenvalue weighted by Gasteiger charge is 2.33. The molecule has 0 aromatic carbocycles. The Bertz CT molecular complexity index is 433. The van der Waals surface area contributed by atoms with Gasteiger partial charge in [0, 0.05) is 12.5 Å².